The number of amides is 1. The van der Waals surface area contributed by atoms with E-state index in [0.717, 1.165) is 30.8 Å². The molecule has 108 valence electrons. The van der Waals surface area contributed by atoms with Crippen molar-refractivity contribution in [2.24, 2.45) is 11.8 Å². The van der Waals surface area contributed by atoms with Crippen molar-refractivity contribution in [3.63, 3.8) is 0 Å². The quantitative estimate of drug-likeness (QED) is 0.829. The molecule has 19 heavy (non-hydrogen) atoms. The lowest BCUT2D eigenvalue weighted by atomic mass is 9.79. The summed E-state index contributed by atoms with van der Waals surface area (Å²) in [6, 6.07) is 0. The van der Waals surface area contributed by atoms with Crippen LogP contribution >= 0.6 is 23.5 Å². The van der Waals surface area contributed by atoms with Crippen molar-refractivity contribution in [2.75, 3.05) is 23.8 Å². The van der Waals surface area contributed by atoms with Gasteiger partial charge in [0.2, 0.25) is 5.91 Å². The number of thioether (sulfide) groups is 2. The maximum atomic E-state index is 12.2. The first-order valence-corrected chi connectivity index (χ1v) is 9.08. The average molecular weight is 303 g/mol. The van der Waals surface area contributed by atoms with Crippen LogP contribution in [0.3, 0.4) is 0 Å². The Labute approximate surface area is 122 Å². The van der Waals surface area contributed by atoms with Crippen LogP contribution < -0.4 is 5.32 Å². The van der Waals surface area contributed by atoms with Crippen molar-refractivity contribution in [3.8, 4) is 0 Å². The van der Waals surface area contributed by atoms with Gasteiger partial charge >= 0.3 is 5.97 Å². The summed E-state index contributed by atoms with van der Waals surface area (Å²) >= 11 is 3.84. The van der Waals surface area contributed by atoms with Gasteiger partial charge in [0, 0.05) is 29.1 Å². The first-order valence-electron chi connectivity index (χ1n) is 6.88. The van der Waals surface area contributed by atoms with E-state index in [2.05, 4.69) is 5.32 Å². The third kappa shape index (κ3) is 4.31. The van der Waals surface area contributed by atoms with E-state index in [4.69, 9.17) is 0 Å². The normalized spacial score (nSPS) is 31.7. The van der Waals surface area contributed by atoms with Crippen molar-refractivity contribution >= 4 is 35.4 Å². The number of hydrogen-bond donors (Lipinski definition) is 2. The van der Waals surface area contributed by atoms with Crippen LogP contribution in [0.25, 0.3) is 0 Å². The molecule has 3 atom stereocenters. The highest BCUT2D eigenvalue weighted by molar-refractivity contribution is 8.06. The van der Waals surface area contributed by atoms with Gasteiger partial charge in [0.1, 0.15) is 0 Å². The molecule has 0 aromatic carbocycles. The van der Waals surface area contributed by atoms with Gasteiger partial charge in [-0.05, 0) is 12.8 Å². The lowest BCUT2D eigenvalue weighted by Crippen LogP contribution is -2.42. The first-order chi connectivity index (χ1) is 9.18. The smallest absolute Gasteiger partial charge is 0.307 e. The van der Waals surface area contributed by atoms with E-state index in [1.165, 1.54) is 5.75 Å². The van der Waals surface area contributed by atoms with Gasteiger partial charge in [-0.25, -0.2) is 0 Å². The van der Waals surface area contributed by atoms with E-state index in [0.29, 0.717) is 18.2 Å². The number of nitrogens with one attached hydrogen (secondary N) is 1. The van der Waals surface area contributed by atoms with Gasteiger partial charge < -0.3 is 10.4 Å². The van der Waals surface area contributed by atoms with Crippen LogP contribution in [0.1, 0.15) is 25.7 Å². The molecule has 6 heteroatoms. The fraction of sp³-hybridized carbons (Fsp3) is 0.846. The van der Waals surface area contributed by atoms with E-state index in [1.54, 1.807) is 0 Å². The average Bonchev–Trinajstić information content (AvgIpc) is 2.46. The molecule has 4 nitrogen and oxygen atoms in total. The molecule has 2 N–H and O–H groups in total. The predicted molar refractivity (Wildman–Crippen MR) is 79.7 cm³/mol. The Morgan fingerprint density at radius 2 is 1.89 bits per heavy atom. The van der Waals surface area contributed by atoms with Crippen LogP contribution in [0, 0.1) is 11.8 Å². The molecule has 1 saturated carbocycles. The highest BCUT2D eigenvalue weighted by atomic mass is 32.2. The molecule has 1 aliphatic heterocycles. The number of carboxylic acids is 1. The van der Waals surface area contributed by atoms with Gasteiger partial charge in [0.15, 0.2) is 0 Å². The molecule has 0 aromatic heterocycles. The van der Waals surface area contributed by atoms with Crippen LogP contribution in [0.4, 0.5) is 0 Å². The van der Waals surface area contributed by atoms with Crippen LogP contribution in [-0.4, -0.2) is 46.0 Å². The lowest BCUT2D eigenvalue weighted by molar-refractivity contribution is -0.148. The van der Waals surface area contributed by atoms with Crippen molar-refractivity contribution in [3.05, 3.63) is 0 Å². The van der Waals surface area contributed by atoms with Gasteiger partial charge in [0.05, 0.1) is 11.8 Å². The maximum absolute atomic E-state index is 12.2. The van der Waals surface area contributed by atoms with Crippen LogP contribution in [0.5, 0.6) is 0 Å². The summed E-state index contributed by atoms with van der Waals surface area (Å²) in [5.74, 6) is 1.74. The minimum Gasteiger partial charge on any atom is -0.481 e. The highest BCUT2D eigenvalue weighted by Crippen LogP contribution is 2.30. The van der Waals surface area contributed by atoms with Gasteiger partial charge in [-0.15, -0.1) is 0 Å². The van der Waals surface area contributed by atoms with Gasteiger partial charge in [-0.3, -0.25) is 9.59 Å². The van der Waals surface area contributed by atoms with Gasteiger partial charge in [-0.2, -0.15) is 23.5 Å². The standard InChI is InChI=1S/C13H21NO3S2/c15-12(14-7-9-8-18-5-6-19-9)10-3-1-2-4-11(10)13(16)17/h9-11H,1-8H2,(H,14,15)(H,16,17)/t9?,10-,11+/m1/s1. The fourth-order valence-corrected chi connectivity index (χ4v) is 5.35. The SMILES string of the molecule is O=C(O)[C@H]1CCCC[C@H]1C(=O)NCC1CSCCS1. The molecular weight excluding hydrogens is 282 g/mol. The Morgan fingerprint density at radius 3 is 2.53 bits per heavy atom. The van der Waals surface area contributed by atoms with E-state index >= 15 is 0 Å². The molecule has 0 aromatic rings. The summed E-state index contributed by atoms with van der Waals surface area (Å²) in [6.07, 6.45) is 3.25. The summed E-state index contributed by atoms with van der Waals surface area (Å²) in [7, 11) is 0. The molecule has 1 amide bonds. The van der Waals surface area contributed by atoms with Crippen LogP contribution in [0.15, 0.2) is 0 Å². The number of aliphatic carboxylic acids is 1. The minimum atomic E-state index is -0.817. The number of hydrogen-bond acceptors (Lipinski definition) is 4. The molecule has 0 bridgehead atoms. The molecule has 2 aliphatic rings. The van der Waals surface area contributed by atoms with Crippen molar-refractivity contribution < 1.29 is 14.7 Å². The number of carboxylic acid groups (broad SMARTS) is 1. The Balaban J connectivity index is 1.81. The third-order valence-corrected chi connectivity index (χ3v) is 6.65. The summed E-state index contributed by atoms with van der Waals surface area (Å²) in [4.78, 5) is 23.4. The monoisotopic (exact) mass is 303 g/mol. The Bertz CT molecular complexity index is 332. The van der Waals surface area contributed by atoms with Crippen LogP contribution in [-0.2, 0) is 9.59 Å². The Hall–Kier alpha value is -0.360. The minimum absolute atomic E-state index is 0.0525. The first kappa shape index (κ1) is 15.0. The molecule has 2 fully saturated rings. The molecule has 1 unspecified atom stereocenters. The molecule has 2 rings (SSSR count). The van der Waals surface area contributed by atoms with E-state index in [-0.39, 0.29) is 11.8 Å². The molecule has 1 heterocycles. The lowest BCUT2D eigenvalue weighted by Gasteiger charge is -2.28. The summed E-state index contributed by atoms with van der Waals surface area (Å²) in [5, 5.41) is 12.6. The predicted octanol–water partition coefficient (Wildman–Crippen LogP) is 1.84. The molecule has 0 spiro atoms. The molecular formula is C13H21NO3S2. The van der Waals surface area contributed by atoms with E-state index < -0.39 is 11.9 Å². The number of carbonyl (C=O) groups is 2. The Kier molecular flexibility index (Phi) is 5.88. The number of carbonyl (C=O) groups excluding carboxylic acids is 1. The van der Waals surface area contributed by atoms with Crippen molar-refractivity contribution in [1.29, 1.82) is 0 Å². The van der Waals surface area contributed by atoms with Crippen molar-refractivity contribution in [2.45, 2.75) is 30.9 Å². The maximum Gasteiger partial charge on any atom is 0.307 e. The summed E-state index contributed by atoms with van der Waals surface area (Å²) < 4.78 is 0. The zero-order chi connectivity index (χ0) is 13.7. The third-order valence-electron chi connectivity index (χ3n) is 3.81. The van der Waals surface area contributed by atoms with Gasteiger partial charge in [0.25, 0.3) is 0 Å². The zero-order valence-electron chi connectivity index (χ0n) is 11.0. The van der Waals surface area contributed by atoms with Crippen molar-refractivity contribution in [1.82, 2.24) is 5.32 Å². The zero-order valence-corrected chi connectivity index (χ0v) is 12.6. The van der Waals surface area contributed by atoms with Crippen LogP contribution in [0.2, 0.25) is 0 Å². The molecule has 0 radical (unpaired) electrons. The van der Waals surface area contributed by atoms with E-state index in [9.17, 15) is 14.7 Å². The fourth-order valence-electron chi connectivity index (χ4n) is 2.74. The van der Waals surface area contributed by atoms with Gasteiger partial charge in [-0.1, -0.05) is 12.8 Å². The Morgan fingerprint density at radius 1 is 1.16 bits per heavy atom. The second-order valence-electron chi connectivity index (χ2n) is 5.15. The summed E-state index contributed by atoms with van der Waals surface area (Å²) in [6.45, 7) is 0.680. The second-order valence-corrected chi connectivity index (χ2v) is 7.71. The number of rotatable bonds is 4. The van der Waals surface area contributed by atoms with E-state index in [1.807, 2.05) is 23.5 Å². The molecule has 1 saturated heterocycles. The summed E-state index contributed by atoms with van der Waals surface area (Å²) in [5.41, 5.74) is 0. The highest BCUT2D eigenvalue weighted by Gasteiger charge is 2.35. The topological polar surface area (TPSA) is 66.4 Å². The molecule has 1 aliphatic carbocycles. The largest absolute Gasteiger partial charge is 0.481 e. The second kappa shape index (κ2) is 7.43.